The highest BCUT2D eigenvalue weighted by atomic mass is 32.1. The van der Waals surface area contributed by atoms with E-state index in [9.17, 15) is 9.90 Å². The lowest BCUT2D eigenvalue weighted by Gasteiger charge is -2.33. The zero-order chi connectivity index (χ0) is 13.7. The summed E-state index contributed by atoms with van der Waals surface area (Å²) in [6, 6.07) is 0.262. The van der Waals surface area contributed by atoms with Crippen LogP contribution >= 0.6 is 11.3 Å². The lowest BCUT2D eigenvalue weighted by molar-refractivity contribution is -0.119. The number of aromatic nitrogens is 1. The van der Waals surface area contributed by atoms with Gasteiger partial charge in [0.1, 0.15) is 5.01 Å². The van der Waals surface area contributed by atoms with Gasteiger partial charge < -0.3 is 10.4 Å². The summed E-state index contributed by atoms with van der Waals surface area (Å²) in [6.07, 6.45) is 3.79. The normalized spacial score (nSPS) is 20.4. The molecule has 1 aromatic rings. The summed E-state index contributed by atoms with van der Waals surface area (Å²) >= 11 is 1.53. The number of hydrogen-bond donors (Lipinski definition) is 2. The molecule has 0 aromatic carbocycles. The van der Waals surface area contributed by atoms with Crippen LogP contribution in [0.2, 0.25) is 0 Å². The minimum absolute atomic E-state index is 0.00731. The molecule has 0 aliphatic carbocycles. The van der Waals surface area contributed by atoms with Gasteiger partial charge in [-0.25, -0.2) is 4.98 Å². The smallest absolute Gasteiger partial charge is 0.226 e. The van der Waals surface area contributed by atoms with Crippen molar-refractivity contribution in [2.45, 2.75) is 38.3 Å². The summed E-state index contributed by atoms with van der Waals surface area (Å²) in [5.41, 5.74) is 1.00. The van der Waals surface area contributed by atoms with Crippen LogP contribution in [0.15, 0.2) is 5.38 Å². The van der Waals surface area contributed by atoms with Crippen molar-refractivity contribution in [3.63, 3.8) is 0 Å². The number of likely N-dealkylation sites (N-methyl/N-ethyl adjacent to an activating group) is 1. The van der Waals surface area contributed by atoms with Crippen LogP contribution in [0.25, 0.3) is 0 Å². The van der Waals surface area contributed by atoms with Gasteiger partial charge in [-0.15, -0.1) is 11.3 Å². The van der Waals surface area contributed by atoms with E-state index in [1.807, 2.05) is 5.38 Å². The fourth-order valence-electron chi connectivity index (χ4n) is 2.41. The summed E-state index contributed by atoms with van der Waals surface area (Å²) < 4.78 is 0. The van der Waals surface area contributed by atoms with Crippen molar-refractivity contribution < 1.29 is 9.90 Å². The number of carbonyl (C=O) groups excluding carboxylic acids is 1. The zero-order valence-electron chi connectivity index (χ0n) is 11.3. The maximum absolute atomic E-state index is 11.3. The van der Waals surface area contributed by atoms with E-state index in [-0.39, 0.29) is 18.6 Å². The van der Waals surface area contributed by atoms with E-state index >= 15 is 0 Å². The van der Waals surface area contributed by atoms with Crippen LogP contribution in [-0.4, -0.2) is 47.1 Å². The van der Waals surface area contributed by atoms with E-state index in [4.69, 9.17) is 0 Å². The summed E-state index contributed by atoms with van der Waals surface area (Å²) in [4.78, 5) is 18.1. The number of amides is 1. The summed E-state index contributed by atoms with van der Waals surface area (Å²) in [5.74, 6) is -0.00731. The van der Waals surface area contributed by atoms with Crippen LogP contribution in [0.5, 0.6) is 0 Å². The van der Waals surface area contributed by atoms with Gasteiger partial charge in [-0.3, -0.25) is 9.69 Å². The molecule has 1 saturated heterocycles. The molecule has 1 aliphatic rings. The fraction of sp³-hybridized carbons (Fsp3) is 0.692. The van der Waals surface area contributed by atoms with Gasteiger partial charge in [-0.1, -0.05) is 6.42 Å². The summed E-state index contributed by atoms with van der Waals surface area (Å²) in [7, 11) is 1.64. The predicted octanol–water partition coefficient (Wildman–Crippen LogP) is 0.778. The van der Waals surface area contributed by atoms with Crippen LogP contribution in [0.3, 0.4) is 0 Å². The Balaban J connectivity index is 1.93. The van der Waals surface area contributed by atoms with E-state index in [0.29, 0.717) is 6.42 Å². The molecule has 2 N–H and O–H groups in total. The molecular weight excluding hydrogens is 262 g/mol. The number of rotatable bonds is 5. The molecule has 6 heteroatoms. The van der Waals surface area contributed by atoms with Crippen LogP contribution in [0, 0.1) is 0 Å². The molecule has 0 bridgehead atoms. The molecule has 2 rings (SSSR count). The van der Waals surface area contributed by atoms with Gasteiger partial charge in [0.25, 0.3) is 0 Å². The first-order valence-corrected chi connectivity index (χ1v) is 7.59. The van der Waals surface area contributed by atoms with Gasteiger partial charge in [-0.2, -0.15) is 0 Å². The molecule has 106 valence electrons. The van der Waals surface area contributed by atoms with E-state index in [1.165, 1.54) is 24.2 Å². The van der Waals surface area contributed by atoms with Crippen molar-refractivity contribution in [1.29, 1.82) is 0 Å². The lowest BCUT2D eigenvalue weighted by atomic mass is 10.0. The molecule has 1 atom stereocenters. The Labute approximate surface area is 117 Å². The van der Waals surface area contributed by atoms with E-state index in [2.05, 4.69) is 15.2 Å². The van der Waals surface area contributed by atoms with Crippen molar-refractivity contribution in [1.82, 2.24) is 15.2 Å². The first-order chi connectivity index (χ1) is 9.22. The van der Waals surface area contributed by atoms with Crippen LogP contribution in [0.4, 0.5) is 0 Å². The summed E-state index contributed by atoms with van der Waals surface area (Å²) in [6.45, 7) is 2.01. The van der Waals surface area contributed by atoms with Gasteiger partial charge in [0, 0.05) is 25.0 Å². The van der Waals surface area contributed by atoms with Gasteiger partial charge in [0.2, 0.25) is 5.91 Å². The number of thiazole rings is 1. The van der Waals surface area contributed by atoms with Crippen LogP contribution in [-0.2, 0) is 17.8 Å². The van der Waals surface area contributed by atoms with Crippen molar-refractivity contribution in [3.8, 4) is 0 Å². The number of likely N-dealkylation sites (tertiary alicyclic amines) is 1. The quantitative estimate of drug-likeness (QED) is 0.838. The van der Waals surface area contributed by atoms with Gasteiger partial charge in [-0.05, 0) is 19.4 Å². The van der Waals surface area contributed by atoms with Crippen LogP contribution < -0.4 is 5.32 Å². The zero-order valence-corrected chi connectivity index (χ0v) is 12.1. The number of carbonyl (C=O) groups is 1. The highest BCUT2D eigenvalue weighted by Crippen LogP contribution is 2.20. The van der Waals surface area contributed by atoms with Crippen molar-refractivity contribution in [2.24, 2.45) is 0 Å². The molecule has 1 aromatic heterocycles. The van der Waals surface area contributed by atoms with Crippen molar-refractivity contribution in [2.75, 3.05) is 20.2 Å². The Bertz CT molecular complexity index is 422. The molecule has 2 heterocycles. The molecule has 19 heavy (non-hydrogen) atoms. The second kappa shape index (κ2) is 6.98. The molecule has 0 spiro atoms. The fourth-order valence-corrected chi connectivity index (χ4v) is 3.20. The average molecular weight is 283 g/mol. The maximum atomic E-state index is 11.3. The molecule has 1 amide bonds. The highest BCUT2D eigenvalue weighted by molar-refractivity contribution is 7.09. The lowest BCUT2D eigenvalue weighted by Crippen LogP contribution is -2.41. The third kappa shape index (κ3) is 3.99. The summed E-state index contributed by atoms with van der Waals surface area (Å²) in [5, 5.41) is 14.9. The molecule has 1 unspecified atom stereocenters. The number of piperidine rings is 1. The van der Waals surface area contributed by atoms with E-state index in [0.717, 1.165) is 30.2 Å². The number of hydrogen-bond acceptors (Lipinski definition) is 5. The third-order valence-corrected chi connectivity index (χ3v) is 4.41. The van der Waals surface area contributed by atoms with Crippen molar-refractivity contribution >= 4 is 17.2 Å². The van der Waals surface area contributed by atoms with E-state index < -0.39 is 0 Å². The second-order valence-electron chi connectivity index (χ2n) is 4.89. The molecular formula is C13H21N3O2S. The molecule has 1 aliphatic heterocycles. The average Bonchev–Trinajstić information content (AvgIpc) is 2.86. The largest absolute Gasteiger partial charge is 0.395 e. The SMILES string of the molecule is CNC(=O)Cc1nc(CN2CCCCC2CO)cs1. The Kier molecular flexibility index (Phi) is 5.30. The highest BCUT2D eigenvalue weighted by Gasteiger charge is 2.22. The topological polar surface area (TPSA) is 65.5 Å². The van der Waals surface area contributed by atoms with Gasteiger partial charge >= 0.3 is 0 Å². The standard InChI is InChI=1S/C13H21N3O2S/c1-14-12(18)6-13-15-10(9-19-13)7-16-5-3-2-4-11(16)8-17/h9,11,17H,2-8H2,1H3,(H,14,18). The van der Waals surface area contributed by atoms with E-state index in [1.54, 1.807) is 7.05 Å². The van der Waals surface area contributed by atoms with Crippen LogP contribution in [0.1, 0.15) is 30.0 Å². The minimum Gasteiger partial charge on any atom is -0.395 e. The minimum atomic E-state index is -0.00731. The maximum Gasteiger partial charge on any atom is 0.226 e. The predicted molar refractivity (Wildman–Crippen MR) is 75.0 cm³/mol. The van der Waals surface area contributed by atoms with Crippen molar-refractivity contribution in [3.05, 3.63) is 16.1 Å². The first kappa shape index (κ1) is 14.4. The van der Waals surface area contributed by atoms with Gasteiger partial charge in [0.05, 0.1) is 18.7 Å². The monoisotopic (exact) mass is 283 g/mol. The number of nitrogens with one attached hydrogen (secondary N) is 1. The first-order valence-electron chi connectivity index (χ1n) is 6.71. The van der Waals surface area contributed by atoms with Gasteiger partial charge in [0.15, 0.2) is 0 Å². The molecule has 0 radical (unpaired) electrons. The third-order valence-electron chi connectivity index (χ3n) is 3.51. The Morgan fingerprint density at radius 1 is 1.63 bits per heavy atom. The molecule has 5 nitrogen and oxygen atoms in total. The molecule has 1 fully saturated rings. The second-order valence-corrected chi connectivity index (χ2v) is 5.83. The number of aliphatic hydroxyl groups is 1. The number of nitrogens with zero attached hydrogens (tertiary/aromatic N) is 2. The Hall–Kier alpha value is -0.980. The Morgan fingerprint density at radius 3 is 3.21 bits per heavy atom. The Morgan fingerprint density at radius 2 is 2.47 bits per heavy atom. The molecule has 0 saturated carbocycles. The number of aliphatic hydroxyl groups excluding tert-OH is 1.